The summed E-state index contributed by atoms with van der Waals surface area (Å²) in [4.78, 5) is 0. The molecule has 1 unspecified atom stereocenters. The van der Waals surface area contributed by atoms with Gasteiger partial charge in [-0.15, -0.1) is 11.8 Å². The van der Waals surface area contributed by atoms with Gasteiger partial charge in [0.25, 0.3) is 0 Å². The molecule has 0 aromatic rings. The second-order valence-electron chi connectivity index (χ2n) is 2.53. The van der Waals surface area contributed by atoms with Crippen molar-refractivity contribution >= 4 is 11.8 Å². The highest BCUT2D eigenvalue weighted by Crippen LogP contribution is 2.15. The fourth-order valence-electron chi connectivity index (χ4n) is 1.20. The lowest BCUT2D eigenvalue weighted by Crippen LogP contribution is -2.24. The molecule has 0 bridgehead atoms. The van der Waals surface area contributed by atoms with Crippen molar-refractivity contribution < 1.29 is 0 Å². The molecule has 1 saturated heterocycles. The molecule has 1 fully saturated rings. The van der Waals surface area contributed by atoms with Gasteiger partial charge < -0.3 is 5.32 Å². The summed E-state index contributed by atoms with van der Waals surface area (Å²) in [5.74, 6) is 0. The van der Waals surface area contributed by atoms with E-state index in [-0.39, 0.29) is 0 Å². The van der Waals surface area contributed by atoms with E-state index in [0.717, 1.165) is 5.37 Å². The second kappa shape index (κ2) is 8.41. The molecule has 0 amide bonds. The van der Waals surface area contributed by atoms with Crippen LogP contribution < -0.4 is 5.32 Å². The monoisotopic (exact) mass is 175 g/mol. The molecular weight excluding hydrogens is 154 g/mol. The standard InChI is InChI=1S/C7H15NS.C2H6/c1-9-7-5-3-2-4-6-8-7;1-2/h7-8H,2-6H2,1H3;1-2H3. The highest BCUT2D eigenvalue weighted by molar-refractivity contribution is 7.99. The van der Waals surface area contributed by atoms with Gasteiger partial charge in [-0.05, 0) is 25.6 Å². The van der Waals surface area contributed by atoms with Crippen LogP contribution >= 0.6 is 11.8 Å². The molecule has 68 valence electrons. The summed E-state index contributed by atoms with van der Waals surface area (Å²) in [5, 5.41) is 4.24. The van der Waals surface area contributed by atoms with E-state index in [0.29, 0.717) is 0 Å². The average Bonchev–Trinajstić information content (AvgIpc) is 2.35. The van der Waals surface area contributed by atoms with Crippen LogP contribution in [0.25, 0.3) is 0 Å². The first-order chi connectivity index (χ1) is 5.43. The first-order valence-electron chi connectivity index (χ1n) is 4.69. The van der Waals surface area contributed by atoms with Crippen LogP contribution in [0, 0.1) is 0 Å². The second-order valence-corrected chi connectivity index (χ2v) is 3.57. The Balaban J connectivity index is 0.000000461. The summed E-state index contributed by atoms with van der Waals surface area (Å²) in [5.41, 5.74) is 0. The van der Waals surface area contributed by atoms with Crippen molar-refractivity contribution in [2.24, 2.45) is 0 Å². The van der Waals surface area contributed by atoms with E-state index in [9.17, 15) is 0 Å². The van der Waals surface area contributed by atoms with Crippen molar-refractivity contribution in [3.63, 3.8) is 0 Å². The van der Waals surface area contributed by atoms with Crippen LogP contribution in [0.3, 0.4) is 0 Å². The van der Waals surface area contributed by atoms with Gasteiger partial charge in [0.05, 0.1) is 5.37 Å². The minimum atomic E-state index is 0.743. The SMILES string of the molecule is CC.CSC1CCCCCN1. The van der Waals surface area contributed by atoms with Gasteiger partial charge in [-0.1, -0.05) is 26.7 Å². The van der Waals surface area contributed by atoms with Crippen LogP contribution in [0.5, 0.6) is 0 Å². The number of hydrogen-bond acceptors (Lipinski definition) is 2. The average molecular weight is 175 g/mol. The van der Waals surface area contributed by atoms with E-state index in [1.165, 1.54) is 32.2 Å². The van der Waals surface area contributed by atoms with Crippen LogP contribution in [0.4, 0.5) is 0 Å². The van der Waals surface area contributed by atoms with Gasteiger partial charge >= 0.3 is 0 Å². The molecule has 11 heavy (non-hydrogen) atoms. The Hall–Kier alpha value is 0.310. The molecule has 0 saturated carbocycles. The van der Waals surface area contributed by atoms with Crippen molar-refractivity contribution in [1.29, 1.82) is 0 Å². The van der Waals surface area contributed by atoms with Gasteiger partial charge in [0.15, 0.2) is 0 Å². The lowest BCUT2D eigenvalue weighted by Gasteiger charge is -2.10. The molecule has 1 rings (SSSR count). The third kappa shape index (κ3) is 5.57. The zero-order valence-corrected chi connectivity index (χ0v) is 8.84. The summed E-state index contributed by atoms with van der Waals surface area (Å²) in [6, 6.07) is 0. The summed E-state index contributed by atoms with van der Waals surface area (Å²) < 4.78 is 0. The van der Waals surface area contributed by atoms with E-state index >= 15 is 0 Å². The van der Waals surface area contributed by atoms with Crippen molar-refractivity contribution in [1.82, 2.24) is 5.32 Å². The van der Waals surface area contributed by atoms with E-state index in [4.69, 9.17) is 0 Å². The lowest BCUT2D eigenvalue weighted by atomic mass is 10.2. The molecule has 1 nitrogen and oxygen atoms in total. The minimum Gasteiger partial charge on any atom is -0.305 e. The van der Waals surface area contributed by atoms with Gasteiger partial charge in [-0.2, -0.15) is 0 Å². The first kappa shape index (κ1) is 11.3. The Bertz CT molecular complexity index is 68.0. The van der Waals surface area contributed by atoms with Crippen LogP contribution in [0.1, 0.15) is 39.5 Å². The fourth-order valence-corrected chi connectivity index (χ4v) is 1.88. The molecular formula is C9H21NS. The van der Waals surface area contributed by atoms with Crippen LogP contribution in [-0.4, -0.2) is 18.2 Å². The molecule has 1 aliphatic heterocycles. The predicted molar refractivity (Wildman–Crippen MR) is 55.1 cm³/mol. The summed E-state index contributed by atoms with van der Waals surface area (Å²) in [6.45, 7) is 5.23. The summed E-state index contributed by atoms with van der Waals surface area (Å²) >= 11 is 1.95. The number of nitrogens with one attached hydrogen (secondary N) is 1. The third-order valence-corrected chi connectivity index (χ3v) is 2.77. The Morgan fingerprint density at radius 3 is 2.55 bits per heavy atom. The Morgan fingerprint density at radius 1 is 1.18 bits per heavy atom. The molecule has 0 aromatic heterocycles. The minimum absolute atomic E-state index is 0.743. The zero-order chi connectivity index (χ0) is 8.53. The Kier molecular flexibility index (Phi) is 8.64. The van der Waals surface area contributed by atoms with Crippen molar-refractivity contribution in [2.45, 2.75) is 44.9 Å². The molecule has 2 heteroatoms. The molecule has 1 aliphatic rings. The van der Waals surface area contributed by atoms with E-state index in [1.807, 2.05) is 25.6 Å². The predicted octanol–water partition coefficient (Wildman–Crippen LogP) is 2.87. The topological polar surface area (TPSA) is 12.0 Å². The van der Waals surface area contributed by atoms with Gasteiger partial charge in [-0.3, -0.25) is 0 Å². The normalized spacial score (nSPS) is 24.8. The molecule has 1 N–H and O–H groups in total. The van der Waals surface area contributed by atoms with E-state index in [1.54, 1.807) is 0 Å². The highest BCUT2D eigenvalue weighted by Gasteiger charge is 2.07. The summed E-state index contributed by atoms with van der Waals surface area (Å²) in [7, 11) is 0. The smallest absolute Gasteiger partial charge is 0.0529 e. The first-order valence-corrected chi connectivity index (χ1v) is 5.98. The van der Waals surface area contributed by atoms with E-state index < -0.39 is 0 Å². The summed E-state index contributed by atoms with van der Waals surface area (Å²) in [6.07, 6.45) is 7.75. The van der Waals surface area contributed by atoms with E-state index in [2.05, 4.69) is 11.6 Å². The molecule has 0 spiro atoms. The van der Waals surface area contributed by atoms with Crippen molar-refractivity contribution in [3.8, 4) is 0 Å². The maximum absolute atomic E-state index is 3.49. The molecule has 1 heterocycles. The number of hydrogen-bond donors (Lipinski definition) is 1. The highest BCUT2D eigenvalue weighted by atomic mass is 32.2. The van der Waals surface area contributed by atoms with Crippen LogP contribution in [0.2, 0.25) is 0 Å². The van der Waals surface area contributed by atoms with Crippen LogP contribution in [0.15, 0.2) is 0 Å². The molecule has 1 atom stereocenters. The fraction of sp³-hybridized carbons (Fsp3) is 1.00. The van der Waals surface area contributed by atoms with Gasteiger partial charge in [0.2, 0.25) is 0 Å². The third-order valence-electron chi connectivity index (χ3n) is 1.80. The largest absolute Gasteiger partial charge is 0.305 e. The molecule has 0 radical (unpaired) electrons. The number of thioether (sulfide) groups is 1. The maximum atomic E-state index is 3.49. The quantitative estimate of drug-likeness (QED) is 0.657. The molecule has 0 aliphatic carbocycles. The Morgan fingerprint density at radius 2 is 1.91 bits per heavy atom. The van der Waals surface area contributed by atoms with Gasteiger partial charge in [0, 0.05) is 0 Å². The van der Waals surface area contributed by atoms with Gasteiger partial charge in [0.1, 0.15) is 0 Å². The zero-order valence-electron chi connectivity index (χ0n) is 8.02. The molecule has 0 aromatic carbocycles. The van der Waals surface area contributed by atoms with Crippen LogP contribution in [-0.2, 0) is 0 Å². The van der Waals surface area contributed by atoms with Crippen molar-refractivity contribution in [2.75, 3.05) is 12.8 Å². The van der Waals surface area contributed by atoms with Gasteiger partial charge in [-0.25, -0.2) is 0 Å². The number of rotatable bonds is 1. The Labute approximate surface area is 75.3 Å². The maximum Gasteiger partial charge on any atom is 0.0529 e. The van der Waals surface area contributed by atoms with Crippen molar-refractivity contribution in [3.05, 3.63) is 0 Å². The lowest BCUT2D eigenvalue weighted by molar-refractivity contribution is 0.659.